The Kier molecular flexibility index (Phi) is 58.3. The van der Waals surface area contributed by atoms with Crippen molar-refractivity contribution in [1.82, 2.24) is 0 Å². The van der Waals surface area contributed by atoms with E-state index in [-0.39, 0.29) is 37.5 Å². The number of esters is 3. The zero-order chi connectivity index (χ0) is 53.6. The van der Waals surface area contributed by atoms with Crippen LogP contribution < -0.4 is 0 Å². The van der Waals surface area contributed by atoms with Gasteiger partial charge in [-0.05, 0) is 89.9 Å². The van der Waals surface area contributed by atoms with E-state index in [2.05, 4.69) is 118 Å². The zero-order valence-electron chi connectivity index (χ0n) is 48.3. The highest BCUT2D eigenvalue weighted by atomic mass is 16.6. The van der Waals surface area contributed by atoms with Gasteiger partial charge in [0.05, 0.1) is 0 Å². The van der Waals surface area contributed by atoms with Crippen molar-refractivity contribution in [1.29, 1.82) is 0 Å². The summed E-state index contributed by atoms with van der Waals surface area (Å²) in [4.78, 5) is 38.0. The van der Waals surface area contributed by atoms with Crippen LogP contribution in [0.3, 0.4) is 0 Å². The number of hydrogen-bond acceptors (Lipinski definition) is 6. The molecule has 0 aliphatic heterocycles. The van der Waals surface area contributed by atoms with E-state index in [1.165, 1.54) is 141 Å². The molecule has 0 heterocycles. The van der Waals surface area contributed by atoms with Crippen LogP contribution in [0, 0.1) is 0 Å². The van der Waals surface area contributed by atoms with Crippen LogP contribution in [-0.4, -0.2) is 37.2 Å². The van der Waals surface area contributed by atoms with E-state index in [1.54, 1.807) is 0 Å². The first-order chi connectivity index (χ1) is 36.5. The third kappa shape index (κ3) is 59.0. The lowest BCUT2D eigenvalue weighted by Gasteiger charge is -2.18. The highest BCUT2D eigenvalue weighted by Crippen LogP contribution is 2.16. The normalized spacial score (nSPS) is 12.9. The maximum atomic E-state index is 12.8. The SMILES string of the molecule is CC/C=C\C/C=C\C/C=C\C/C=C\C/C=C\CCCCCCCCCCCCCCCCCCCC(=O)OCC(COC(=O)CCCCCCCCCCCC)OC(=O)CC/C=C\C/C=C\C/C=C\C/C=C\CC. The van der Waals surface area contributed by atoms with Crippen LogP contribution in [0.2, 0.25) is 0 Å². The summed E-state index contributed by atoms with van der Waals surface area (Å²) >= 11 is 0. The second-order valence-electron chi connectivity index (χ2n) is 20.2. The molecule has 0 amide bonds. The zero-order valence-corrected chi connectivity index (χ0v) is 48.3. The summed E-state index contributed by atoms with van der Waals surface area (Å²) in [6, 6.07) is 0. The maximum absolute atomic E-state index is 12.8. The van der Waals surface area contributed by atoms with Crippen LogP contribution in [0.15, 0.2) is 109 Å². The summed E-state index contributed by atoms with van der Waals surface area (Å²) in [7, 11) is 0. The van der Waals surface area contributed by atoms with Gasteiger partial charge >= 0.3 is 17.9 Å². The molecule has 6 heteroatoms. The van der Waals surface area contributed by atoms with Gasteiger partial charge in [-0.3, -0.25) is 14.4 Å². The Hall–Kier alpha value is -3.93. The molecule has 0 fully saturated rings. The molecule has 0 aliphatic rings. The fourth-order valence-corrected chi connectivity index (χ4v) is 8.48. The van der Waals surface area contributed by atoms with Gasteiger partial charge in [0.2, 0.25) is 0 Å². The fourth-order valence-electron chi connectivity index (χ4n) is 8.48. The smallest absolute Gasteiger partial charge is 0.306 e. The fraction of sp³-hybridized carbons (Fsp3) is 0.691. The van der Waals surface area contributed by atoms with Gasteiger partial charge in [0, 0.05) is 19.3 Å². The summed E-state index contributed by atoms with van der Waals surface area (Å²) < 4.78 is 16.8. The molecule has 0 saturated heterocycles. The minimum Gasteiger partial charge on any atom is -0.462 e. The average Bonchev–Trinajstić information content (AvgIpc) is 3.40. The van der Waals surface area contributed by atoms with Crippen molar-refractivity contribution in [2.45, 2.75) is 290 Å². The van der Waals surface area contributed by atoms with Crippen LogP contribution in [0.5, 0.6) is 0 Å². The molecular formula is C68H114O6. The van der Waals surface area contributed by atoms with E-state index in [4.69, 9.17) is 14.2 Å². The molecule has 0 aromatic heterocycles. The molecule has 0 bridgehead atoms. The minimum atomic E-state index is -0.813. The number of rotatable bonds is 55. The Morgan fingerprint density at radius 2 is 0.554 bits per heavy atom. The van der Waals surface area contributed by atoms with E-state index in [0.29, 0.717) is 19.3 Å². The Labute approximate surface area is 457 Å². The Morgan fingerprint density at radius 3 is 0.878 bits per heavy atom. The van der Waals surface area contributed by atoms with Crippen molar-refractivity contribution in [2.75, 3.05) is 13.2 Å². The standard InChI is InChI=1S/C68H114O6/c1-4-7-10-13-16-19-22-24-25-26-27-28-29-30-31-32-33-34-35-36-37-38-39-40-41-42-43-45-46-49-52-55-58-61-67(70)73-64-65(63-72-66(69)60-57-54-51-48-21-18-15-12-9-6-3)74-68(71)62-59-56-53-50-47-44-23-20-17-14-11-8-5-2/h7-8,10-11,16-17,19-20,24-25,27-28,30-31,44,47,53,56,65H,4-6,9,12-15,18,21-23,26,29,32-43,45-46,48-52,54-55,57-64H2,1-3H3/b10-7-,11-8-,19-16-,20-17-,25-24-,28-27-,31-30-,47-44-,56-53-. The lowest BCUT2D eigenvalue weighted by atomic mass is 10.0. The molecule has 422 valence electrons. The van der Waals surface area contributed by atoms with Crippen LogP contribution in [0.4, 0.5) is 0 Å². The second kappa shape index (κ2) is 61.6. The molecule has 0 rings (SSSR count). The van der Waals surface area contributed by atoms with Crippen LogP contribution in [-0.2, 0) is 28.6 Å². The molecular weight excluding hydrogens is 913 g/mol. The number of carbonyl (C=O) groups excluding carboxylic acids is 3. The summed E-state index contributed by atoms with van der Waals surface area (Å²) in [6.07, 6.45) is 84.2. The van der Waals surface area contributed by atoms with Crippen LogP contribution in [0.1, 0.15) is 284 Å². The van der Waals surface area contributed by atoms with Crippen LogP contribution >= 0.6 is 0 Å². The van der Waals surface area contributed by atoms with Crippen molar-refractivity contribution in [2.24, 2.45) is 0 Å². The molecule has 6 nitrogen and oxygen atoms in total. The topological polar surface area (TPSA) is 78.9 Å². The number of carbonyl (C=O) groups is 3. The van der Waals surface area contributed by atoms with E-state index in [1.807, 2.05) is 12.2 Å². The van der Waals surface area contributed by atoms with Crippen molar-refractivity contribution in [3.05, 3.63) is 109 Å². The highest BCUT2D eigenvalue weighted by molar-refractivity contribution is 5.71. The Morgan fingerprint density at radius 1 is 0.284 bits per heavy atom. The van der Waals surface area contributed by atoms with Gasteiger partial charge < -0.3 is 14.2 Å². The molecule has 0 N–H and O–H groups in total. The molecule has 0 radical (unpaired) electrons. The summed E-state index contributed by atoms with van der Waals surface area (Å²) in [5.74, 6) is -0.982. The third-order valence-electron chi connectivity index (χ3n) is 13.0. The van der Waals surface area contributed by atoms with E-state index in [9.17, 15) is 14.4 Å². The first-order valence-electron chi connectivity index (χ1n) is 30.9. The van der Waals surface area contributed by atoms with E-state index in [0.717, 1.165) is 96.3 Å². The van der Waals surface area contributed by atoms with Crippen molar-refractivity contribution in [3.8, 4) is 0 Å². The summed E-state index contributed by atoms with van der Waals surface area (Å²) in [5, 5.41) is 0. The molecule has 0 aromatic rings. The number of allylic oxidation sites excluding steroid dienone is 18. The third-order valence-corrected chi connectivity index (χ3v) is 13.0. The summed E-state index contributed by atoms with van der Waals surface area (Å²) in [5.41, 5.74) is 0. The lowest BCUT2D eigenvalue weighted by molar-refractivity contribution is -0.166. The number of unbranched alkanes of at least 4 members (excludes halogenated alkanes) is 26. The van der Waals surface area contributed by atoms with Crippen molar-refractivity contribution >= 4 is 17.9 Å². The first-order valence-corrected chi connectivity index (χ1v) is 30.9. The number of hydrogen-bond donors (Lipinski definition) is 0. The van der Waals surface area contributed by atoms with Gasteiger partial charge in [-0.15, -0.1) is 0 Å². The monoisotopic (exact) mass is 1030 g/mol. The van der Waals surface area contributed by atoms with E-state index < -0.39 is 6.10 Å². The average molecular weight is 1030 g/mol. The first kappa shape index (κ1) is 70.1. The van der Waals surface area contributed by atoms with Gasteiger partial charge in [-0.2, -0.15) is 0 Å². The van der Waals surface area contributed by atoms with Crippen molar-refractivity contribution in [3.63, 3.8) is 0 Å². The highest BCUT2D eigenvalue weighted by Gasteiger charge is 2.19. The van der Waals surface area contributed by atoms with E-state index >= 15 is 0 Å². The lowest BCUT2D eigenvalue weighted by Crippen LogP contribution is -2.30. The minimum absolute atomic E-state index is 0.103. The quantitative estimate of drug-likeness (QED) is 0.0261. The Balaban J connectivity index is 4.11. The summed E-state index contributed by atoms with van der Waals surface area (Å²) in [6.45, 7) is 6.34. The second-order valence-corrected chi connectivity index (χ2v) is 20.2. The van der Waals surface area contributed by atoms with Gasteiger partial charge in [-0.25, -0.2) is 0 Å². The molecule has 1 atom stereocenters. The van der Waals surface area contributed by atoms with Gasteiger partial charge in [0.1, 0.15) is 13.2 Å². The molecule has 74 heavy (non-hydrogen) atoms. The Bertz CT molecular complexity index is 1510. The number of ether oxygens (including phenoxy) is 3. The molecule has 0 aromatic carbocycles. The largest absolute Gasteiger partial charge is 0.462 e. The molecule has 0 aliphatic carbocycles. The predicted octanol–water partition coefficient (Wildman–Crippen LogP) is 21.0. The molecule has 1 unspecified atom stereocenters. The molecule has 0 saturated carbocycles. The molecule has 0 spiro atoms. The van der Waals surface area contributed by atoms with Gasteiger partial charge in [0.15, 0.2) is 6.10 Å². The van der Waals surface area contributed by atoms with Crippen molar-refractivity contribution < 1.29 is 28.6 Å². The van der Waals surface area contributed by atoms with Crippen LogP contribution in [0.25, 0.3) is 0 Å². The van der Waals surface area contributed by atoms with Gasteiger partial charge in [0.25, 0.3) is 0 Å². The maximum Gasteiger partial charge on any atom is 0.306 e. The van der Waals surface area contributed by atoms with Gasteiger partial charge in [-0.1, -0.05) is 284 Å². The predicted molar refractivity (Wildman–Crippen MR) is 320 cm³/mol.